The molecule has 1 unspecified atom stereocenters. The molecular formula is C22H35ClN4O4. The average molecular weight is 455 g/mol. The number of carbonyl (C=O) groups is 4. The highest BCUT2D eigenvalue weighted by Gasteiger charge is 2.69. The van der Waals surface area contributed by atoms with E-state index in [0.717, 1.165) is 19.3 Å². The monoisotopic (exact) mass is 454 g/mol. The number of piperidine rings is 1. The van der Waals surface area contributed by atoms with E-state index in [1.165, 1.54) is 0 Å². The van der Waals surface area contributed by atoms with Crippen LogP contribution in [0.25, 0.3) is 0 Å². The molecule has 4 N–H and O–H groups in total. The van der Waals surface area contributed by atoms with Crippen molar-refractivity contribution in [3.63, 3.8) is 0 Å². The molecule has 3 aliphatic rings. The number of rotatable bonds is 8. The van der Waals surface area contributed by atoms with Crippen LogP contribution in [0.1, 0.15) is 60.3 Å². The summed E-state index contributed by atoms with van der Waals surface area (Å²) in [7, 11) is 0. The zero-order chi connectivity index (χ0) is 23.3. The Hall–Kier alpha value is -1.67. The van der Waals surface area contributed by atoms with Crippen molar-refractivity contribution in [1.29, 1.82) is 0 Å². The number of primary amides is 1. The van der Waals surface area contributed by atoms with E-state index in [-0.39, 0.29) is 23.2 Å². The van der Waals surface area contributed by atoms with Crippen LogP contribution in [0.2, 0.25) is 0 Å². The second-order valence-electron chi connectivity index (χ2n) is 11.1. The van der Waals surface area contributed by atoms with Gasteiger partial charge in [0.25, 0.3) is 5.91 Å². The summed E-state index contributed by atoms with van der Waals surface area (Å²) in [6, 6.07) is -2.31. The van der Waals surface area contributed by atoms with Gasteiger partial charge in [-0.1, -0.05) is 53.9 Å². The van der Waals surface area contributed by atoms with E-state index in [4.69, 9.17) is 17.5 Å². The number of hydrogen-bond donors (Lipinski definition) is 3. The lowest BCUT2D eigenvalue weighted by molar-refractivity contribution is -0.145. The third-order valence-electron chi connectivity index (χ3n) is 7.65. The Kier molecular flexibility index (Phi) is 6.46. The average Bonchev–Trinajstić information content (AvgIpc) is 2.98. The third kappa shape index (κ3) is 4.46. The number of ketones is 1. The van der Waals surface area contributed by atoms with Gasteiger partial charge in [0, 0.05) is 6.54 Å². The van der Waals surface area contributed by atoms with E-state index >= 15 is 0 Å². The fourth-order valence-electron chi connectivity index (χ4n) is 5.28. The number of fused-ring (bicyclic) bond motifs is 1. The van der Waals surface area contributed by atoms with Gasteiger partial charge in [-0.2, -0.15) is 0 Å². The third-order valence-corrected chi connectivity index (χ3v) is 7.87. The number of nitrogens with zero attached hydrogens (tertiary/aromatic N) is 1. The Labute approximate surface area is 189 Å². The molecule has 0 aromatic heterocycles. The molecular weight excluding hydrogens is 420 g/mol. The molecule has 3 amide bonds. The molecule has 174 valence electrons. The Bertz CT molecular complexity index is 774. The summed E-state index contributed by atoms with van der Waals surface area (Å²) in [5.74, 6) is -1.95. The quantitative estimate of drug-likeness (QED) is 0.377. The van der Waals surface area contributed by atoms with Crippen LogP contribution >= 0.6 is 11.8 Å². The summed E-state index contributed by atoms with van der Waals surface area (Å²) in [5, 5.41) is 2.78. The molecule has 8 nitrogen and oxygen atoms in total. The number of likely N-dealkylation sites (tertiary alicyclic amines) is 1. The number of hydrogen-bond acceptors (Lipinski definition) is 5. The van der Waals surface area contributed by atoms with Gasteiger partial charge in [0.2, 0.25) is 17.6 Å². The Morgan fingerprint density at radius 1 is 1.19 bits per heavy atom. The van der Waals surface area contributed by atoms with Gasteiger partial charge < -0.3 is 16.0 Å². The first-order valence-corrected chi connectivity index (χ1v) is 11.5. The van der Waals surface area contributed by atoms with Crippen LogP contribution in [-0.4, -0.2) is 53.1 Å². The van der Waals surface area contributed by atoms with Gasteiger partial charge in [0.1, 0.15) is 12.1 Å². The van der Waals surface area contributed by atoms with Crippen molar-refractivity contribution < 1.29 is 19.2 Å². The minimum absolute atomic E-state index is 0.000395. The molecule has 2 saturated carbocycles. The smallest absolute Gasteiger partial charge is 0.287 e. The predicted octanol–water partition coefficient (Wildman–Crippen LogP) is 1.36. The van der Waals surface area contributed by atoms with Crippen molar-refractivity contribution in [2.75, 3.05) is 6.54 Å². The fourth-order valence-corrected chi connectivity index (χ4v) is 5.70. The summed E-state index contributed by atoms with van der Waals surface area (Å²) < 4.78 is 0. The lowest BCUT2D eigenvalue weighted by Gasteiger charge is -2.37. The van der Waals surface area contributed by atoms with E-state index in [9.17, 15) is 19.2 Å². The molecule has 0 aromatic carbocycles. The molecule has 1 heterocycles. The lowest BCUT2D eigenvalue weighted by atomic mass is 9.80. The maximum absolute atomic E-state index is 13.4. The van der Waals surface area contributed by atoms with Gasteiger partial charge in [0.15, 0.2) is 0 Å². The van der Waals surface area contributed by atoms with Crippen molar-refractivity contribution in [3.05, 3.63) is 0 Å². The zero-order valence-corrected chi connectivity index (χ0v) is 19.8. The molecule has 9 heteroatoms. The van der Waals surface area contributed by atoms with Crippen LogP contribution < -0.4 is 15.9 Å². The molecule has 0 radical (unpaired) electrons. The molecule has 31 heavy (non-hydrogen) atoms. The number of nitrogens with two attached hydrogens (primary N) is 1. The first-order valence-electron chi connectivity index (χ1n) is 11.1. The highest BCUT2D eigenvalue weighted by atomic mass is 35.5. The van der Waals surface area contributed by atoms with Crippen LogP contribution in [0.15, 0.2) is 0 Å². The molecule has 0 bridgehead atoms. The fraction of sp³-hybridized carbons (Fsp3) is 0.818. The molecule has 0 spiro atoms. The number of carbonyl (C=O) groups excluding carboxylic acids is 4. The number of Topliss-reactive ketones (excluding diaryl/α,β-unsaturated/α-hetero) is 1. The second-order valence-corrected chi connectivity index (χ2v) is 11.3. The topological polar surface area (TPSA) is 122 Å². The minimum Gasteiger partial charge on any atom is -0.363 e. The molecule has 3 rings (SSSR count). The van der Waals surface area contributed by atoms with E-state index in [1.54, 1.807) is 4.90 Å². The Morgan fingerprint density at radius 3 is 2.26 bits per heavy atom. The van der Waals surface area contributed by atoms with Crippen LogP contribution in [0, 0.1) is 28.6 Å². The first-order chi connectivity index (χ1) is 14.3. The molecule has 2 aliphatic carbocycles. The van der Waals surface area contributed by atoms with Crippen molar-refractivity contribution >= 4 is 35.3 Å². The maximum atomic E-state index is 13.4. The van der Waals surface area contributed by atoms with Crippen LogP contribution in [0.5, 0.6) is 0 Å². The molecule has 3 fully saturated rings. The standard InChI is InChI=1S/C22H35ClN4O4/c1-21(2,3)17(26-23)20(31)27-10-12-14(22(12,4)5)15(27)19(30)25-13(16(28)18(24)29)9-11-7-6-8-11/h11-15,17,26H,6-10H2,1-5H3,(H2,24,29)(H,25,30)/t12-,13?,14-,15-,17+/m0/s1. The van der Waals surface area contributed by atoms with Crippen LogP contribution in [0.4, 0.5) is 0 Å². The highest BCUT2D eigenvalue weighted by Crippen LogP contribution is 2.65. The lowest BCUT2D eigenvalue weighted by Crippen LogP contribution is -2.59. The maximum Gasteiger partial charge on any atom is 0.287 e. The van der Waals surface area contributed by atoms with E-state index < -0.39 is 41.1 Å². The Balaban J connectivity index is 1.81. The molecule has 1 saturated heterocycles. The zero-order valence-electron chi connectivity index (χ0n) is 19.0. The van der Waals surface area contributed by atoms with Gasteiger partial charge in [0.05, 0.1) is 6.04 Å². The second kappa shape index (κ2) is 8.35. The molecule has 1 aliphatic heterocycles. The van der Waals surface area contributed by atoms with Gasteiger partial charge in [-0.15, -0.1) is 0 Å². The molecule has 5 atom stereocenters. The first kappa shape index (κ1) is 24.0. The normalized spacial score (nSPS) is 28.8. The summed E-state index contributed by atoms with van der Waals surface area (Å²) >= 11 is 5.90. The van der Waals surface area contributed by atoms with Gasteiger partial charge in [-0.25, -0.2) is 4.84 Å². The van der Waals surface area contributed by atoms with Gasteiger partial charge >= 0.3 is 0 Å². The van der Waals surface area contributed by atoms with Crippen molar-refractivity contribution in [1.82, 2.24) is 15.1 Å². The van der Waals surface area contributed by atoms with Crippen molar-refractivity contribution in [2.24, 2.45) is 34.3 Å². The number of halogens is 1. The van der Waals surface area contributed by atoms with E-state index in [0.29, 0.717) is 18.9 Å². The minimum atomic E-state index is -1.05. The predicted molar refractivity (Wildman–Crippen MR) is 117 cm³/mol. The summed E-state index contributed by atoms with van der Waals surface area (Å²) in [6.07, 6.45) is 3.43. The van der Waals surface area contributed by atoms with Crippen LogP contribution in [0.3, 0.4) is 0 Å². The Morgan fingerprint density at radius 2 is 1.81 bits per heavy atom. The highest BCUT2D eigenvalue weighted by molar-refractivity contribution is 6.37. The summed E-state index contributed by atoms with van der Waals surface area (Å²) in [6.45, 7) is 10.4. The number of nitrogens with one attached hydrogen (secondary N) is 2. The molecule has 0 aromatic rings. The summed E-state index contributed by atoms with van der Waals surface area (Å²) in [4.78, 5) is 54.9. The largest absolute Gasteiger partial charge is 0.363 e. The summed E-state index contributed by atoms with van der Waals surface area (Å²) in [5.41, 5.74) is 4.72. The van der Waals surface area contributed by atoms with Crippen LogP contribution in [-0.2, 0) is 19.2 Å². The van der Waals surface area contributed by atoms with Gasteiger partial charge in [-0.05, 0) is 46.8 Å². The van der Waals surface area contributed by atoms with E-state index in [2.05, 4.69) is 24.0 Å². The SMILES string of the molecule is CC(C)(C)[C@H](NCl)C(=O)N1C[C@H]2[C@@H]([C@H]1C(=O)NC(CC1CCC1)C(=O)C(N)=O)C2(C)C. The van der Waals surface area contributed by atoms with E-state index in [1.807, 2.05) is 20.8 Å². The number of amides is 3. The van der Waals surface area contributed by atoms with Crippen molar-refractivity contribution in [3.8, 4) is 0 Å². The van der Waals surface area contributed by atoms with Gasteiger partial charge in [-0.3, -0.25) is 19.2 Å². The van der Waals surface area contributed by atoms with Crippen molar-refractivity contribution in [2.45, 2.75) is 78.4 Å².